The molecule has 4 rings (SSSR count). The summed E-state index contributed by atoms with van der Waals surface area (Å²) in [6.07, 6.45) is 5.67. The number of aryl methyl sites for hydroxylation is 1. The number of rotatable bonds is 8. The molecule has 166 valence electrons. The monoisotopic (exact) mass is 444 g/mol. The van der Waals surface area contributed by atoms with Crippen LogP contribution >= 0.6 is 0 Å². The van der Waals surface area contributed by atoms with E-state index in [2.05, 4.69) is 0 Å². The number of benzene rings is 2. The first kappa shape index (κ1) is 22.0. The van der Waals surface area contributed by atoms with Crippen molar-refractivity contribution in [1.29, 1.82) is 0 Å². The molecule has 31 heavy (non-hydrogen) atoms. The van der Waals surface area contributed by atoms with Crippen molar-refractivity contribution in [3.63, 3.8) is 0 Å². The molecule has 1 aliphatic carbocycles. The predicted molar refractivity (Wildman–Crippen MR) is 117 cm³/mol. The van der Waals surface area contributed by atoms with Gasteiger partial charge < -0.3 is 4.90 Å². The van der Waals surface area contributed by atoms with Crippen molar-refractivity contribution >= 4 is 15.9 Å². The van der Waals surface area contributed by atoms with E-state index in [-0.39, 0.29) is 17.8 Å². The third-order valence-corrected chi connectivity index (χ3v) is 8.02. The Bertz CT molecular complexity index is 1010. The average Bonchev–Trinajstić information content (AvgIpc) is 3.63. The SMILES string of the molecule is O=C(CCc1ccc(S(=O)(=O)N2CCCCC2)cc1)N(Cc1ccccc1F)C1CC1. The fourth-order valence-corrected chi connectivity index (χ4v) is 5.61. The van der Waals surface area contributed by atoms with E-state index in [0.29, 0.717) is 42.9 Å². The van der Waals surface area contributed by atoms with Crippen LogP contribution < -0.4 is 0 Å². The molecule has 0 atom stereocenters. The van der Waals surface area contributed by atoms with Crippen molar-refractivity contribution < 1.29 is 17.6 Å². The Labute approximate surface area is 183 Å². The van der Waals surface area contributed by atoms with E-state index in [0.717, 1.165) is 37.7 Å². The summed E-state index contributed by atoms with van der Waals surface area (Å²) in [4.78, 5) is 14.9. The number of carbonyl (C=O) groups excluding carboxylic acids is 1. The highest BCUT2D eigenvalue weighted by molar-refractivity contribution is 7.89. The predicted octanol–water partition coefficient (Wildman–Crippen LogP) is 4.12. The number of halogens is 1. The maximum atomic E-state index is 14.0. The van der Waals surface area contributed by atoms with Crippen LogP contribution in [0, 0.1) is 5.82 Å². The Hall–Kier alpha value is -2.25. The summed E-state index contributed by atoms with van der Waals surface area (Å²) in [6, 6.07) is 13.6. The zero-order valence-corrected chi connectivity index (χ0v) is 18.5. The summed E-state index contributed by atoms with van der Waals surface area (Å²) in [5.74, 6) is -0.276. The molecular weight excluding hydrogens is 415 g/mol. The maximum Gasteiger partial charge on any atom is 0.243 e. The molecule has 0 N–H and O–H groups in total. The van der Waals surface area contributed by atoms with E-state index < -0.39 is 10.0 Å². The number of piperidine rings is 1. The standard InChI is InChI=1S/C24H29FN2O3S/c25-23-7-3-2-6-20(23)18-27(21-11-12-21)24(28)15-10-19-8-13-22(14-9-19)31(29,30)26-16-4-1-5-17-26/h2-3,6-9,13-14,21H,1,4-5,10-12,15-18H2. The van der Waals surface area contributed by atoms with Crippen LogP contribution in [0.2, 0.25) is 0 Å². The highest BCUT2D eigenvalue weighted by Crippen LogP contribution is 2.30. The summed E-state index contributed by atoms with van der Waals surface area (Å²) in [5, 5.41) is 0. The van der Waals surface area contributed by atoms with Crippen LogP contribution in [0.1, 0.15) is 49.7 Å². The van der Waals surface area contributed by atoms with Gasteiger partial charge in [0.1, 0.15) is 5.82 Å². The van der Waals surface area contributed by atoms with Gasteiger partial charge in [-0.15, -0.1) is 0 Å². The highest BCUT2D eigenvalue weighted by Gasteiger charge is 2.32. The molecule has 0 unspecified atom stereocenters. The van der Waals surface area contributed by atoms with Gasteiger partial charge in [-0.25, -0.2) is 12.8 Å². The molecule has 1 aliphatic heterocycles. The van der Waals surface area contributed by atoms with E-state index in [1.165, 1.54) is 6.07 Å². The van der Waals surface area contributed by atoms with Crippen molar-refractivity contribution in [3.8, 4) is 0 Å². The van der Waals surface area contributed by atoms with Gasteiger partial charge in [-0.3, -0.25) is 4.79 Å². The van der Waals surface area contributed by atoms with Crippen LogP contribution in [-0.4, -0.2) is 42.7 Å². The number of sulfonamides is 1. The normalized spacial score (nSPS) is 17.5. The number of nitrogens with zero attached hydrogens (tertiary/aromatic N) is 2. The minimum absolute atomic E-state index is 0.00997. The Morgan fingerprint density at radius 2 is 1.68 bits per heavy atom. The van der Waals surface area contributed by atoms with Crippen LogP contribution in [0.5, 0.6) is 0 Å². The van der Waals surface area contributed by atoms with Gasteiger partial charge >= 0.3 is 0 Å². The van der Waals surface area contributed by atoms with Crippen molar-refractivity contribution in [2.45, 2.75) is 62.4 Å². The summed E-state index contributed by atoms with van der Waals surface area (Å²) >= 11 is 0. The summed E-state index contributed by atoms with van der Waals surface area (Å²) in [6.45, 7) is 1.46. The van der Waals surface area contributed by atoms with E-state index >= 15 is 0 Å². The van der Waals surface area contributed by atoms with Crippen LogP contribution in [0.15, 0.2) is 53.4 Å². The smallest absolute Gasteiger partial charge is 0.243 e. The van der Waals surface area contributed by atoms with Crippen LogP contribution in [0.25, 0.3) is 0 Å². The first-order valence-electron chi connectivity index (χ1n) is 11.1. The van der Waals surface area contributed by atoms with Gasteiger partial charge in [0.25, 0.3) is 0 Å². The number of carbonyl (C=O) groups is 1. The first-order valence-corrected chi connectivity index (χ1v) is 12.5. The number of amides is 1. The second kappa shape index (κ2) is 9.49. The molecule has 1 saturated heterocycles. The lowest BCUT2D eigenvalue weighted by Gasteiger charge is -2.26. The topological polar surface area (TPSA) is 57.7 Å². The van der Waals surface area contributed by atoms with E-state index in [4.69, 9.17) is 0 Å². The second-order valence-corrected chi connectivity index (χ2v) is 10.4. The molecule has 0 aromatic heterocycles. The summed E-state index contributed by atoms with van der Waals surface area (Å²) in [7, 11) is -3.44. The van der Waals surface area contributed by atoms with Gasteiger partial charge in [0.05, 0.1) is 4.90 Å². The maximum absolute atomic E-state index is 14.0. The molecule has 2 aliphatic rings. The Kier molecular flexibility index (Phi) is 6.72. The fraction of sp³-hybridized carbons (Fsp3) is 0.458. The van der Waals surface area contributed by atoms with Gasteiger partial charge in [-0.1, -0.05) is 36.8 Å². The van der Waals surface area contributed by atoms with Gasteiger partial charge in [-0.05, 0) is 55.9 Å². The molecule has 0 bridgehead atoms. The van der Waals surface area contributed by atoms with E-state index in [9.17, 15) is 17.6 Å². The third-order valence-electron chi connectivity index (χ3n) is 6.11. The molecular formula is C24H29FN2O3S. The summed E-state index contributed by atoms with van der Waals surface area (Å²) < 4.78 is 41.1. The zero-order chi connectivity index (χ0) is 21.8. The van der Waals surface area contributed by atoms with Gasteiger partial charge in [-0.2, -0.15) is 4.31 Å². The zero-order valence-electron chi connectivity index (χ0n) is 17.7. The van der Waals surface area contributed by atoms with Crippen LogP contribution in [0.4, 0.5) is 4.39 Å². The molecule has 2 fully saturated rings. The Morgan fingerprint density at radius 1 is 1.00 bits per heavy atom. The second-order valence-electron chi connectivity index (χ2n) is 8.45. The van der Waals surface area contributed by atoms with Crippen molar-refractivity contribution in [2.24, 2.45) is 0 Å². The van der Waals surface area contributed by atoms with Crippen molar-refractivity contribution in [3.05, 3.63) is 65.5 Å². The molecule has 5 nitrogen and oxygen atoms in total. The first-order chi connectivity index (χ1) is 14.9. The van der Waals surface area contributed by atoms with Gasteiger partial charge in [0, 0.05) is 37.7 Å². The highest BCUT2D eigenvalue weighted by atomic mass is 32.2. The molecule has 2 aromatic carbocycles. The molecule has 7 heteroatoms. The lowest BCUT2D eigenvalue weighted by atomic mass is 10.1. The van der Waals surface area contributed by atoms with Gasteiger partial charge in [0.15, 0.2) is 0 Å². The van der Waals surface area contributed by atoms with Crippen molar-refractivity contribution in [2.75, 3.05) is 13.1 Å². The van der Waals surface area contributed by atoms with Crippen LogP contribution in [0.3, 0.4) is 0 Å². The molecule has 1 saturated carbocycles. The Balaban J connectivity index is 1.37. The summed E-state index contributed by atoms with van der Waals surface area (Å²) in [5.41, 5.74) is 1.46. The minimum Gasteiger partial charge on any atom is -0.335 e. The lowest BCUT2D eigenvalue weighted by Crippen LogP contribution is -2.35. The van der Waals surface area contributed by atoms with Gasteiger partial charge in [0.2, 0.25) is 15.9 Å². The number of hydrogen-bond acceptors (Lipinski definition) is 3. The average molecular weight is 445 g/mol. The minimum atomic E-state index is -3.44. The molecule has 0 radical (unpaired) electrons. The lowest BCUT2D eigenvalue weighted by molar-refractivity contribution is -0.132. The molecule has 1 amide bonds. The molecule has 0 spiro atoms. The van der Waals surface area contributed by atoms with Crippen molar-refractivity contribution in [1.82, 2.24) is 9.21 Å². The van der Waals surface area contributed by atoms with Crippen LogP contribution in [-0.2, 0) is 27.8 Å². The van der Waals surface area contributed by atoms with E-state index in [1.54, 1.807) is 51.7 Å². The molecule has 1 heterocycles. The molecule has 2 aromatic rings. The number of hydrogen-bond donors (Lipinski definition) is 0. The fourth-order valence-electron chi connectivity index (χ4n) is 4.09. The Morgan fingerprint density at radius 3 is 2.32 bits per heavy atom. The van der Waals surface area contributed by atoms with E-state index in [1.807, 2.05) is 0 Å². The quantitative estimate of drug-likeness (QED) is 0.615. The third kappa shape index (κ3) is 5.33. The largest absolute Gasteiger partial charge is 0.335 e.